The summed E-state index contributed by atoms with van der Waals surface area (Å²) in [5, 5.41) is 16.5. The van der Waals surface area contributed by atoms with Gasteiger partial charge in [-0.15, -0.1) is 0 Å². The zero-order chi connectivity index (χ0) is 16.1. The lowest BCUT2D eigenvalue weighted by atomic mass is 9.93. The van der Waals surface area contributed by atoms with Crippen LogP contribution in [0.4, 0.5) is 0 Å². The Balaban J connectivity index is 0. The summed E-state index contributed by atoms with van der Waals surface area (Å²) in [6.45, 7) is 12.5. The number of unbranched alkanes of at least 4 members (excludes halogenated alkanes) is 1. The van der Waals surface area contributed by atoms with Gasteiger partial charge in [0.25, 0.3) is 0 Å². The fourth-order valence-electron chi connectivity index (χ4n) is 1.53. The minimum Gasteiger partial charge on any atom is -0.478 e. The quantitative estimate of drug-likeness (QED) is 0.620. The van der Waals surface area contributed by atoms with Crippen LogP contribution in [0.15, 0.2) is 24.3 Å². The summed E-state index contributed by atoms with van der Waals surface area (Å²) in [5.74, 6) is -1.11. The SMILES string of the molecule is C=C(C)C(=O)O.C=C(CCC(CC)CCCC)C(=O)O. The van der Waals surface area contributed by atoms with E-state index in [4.69, 9.17) is 10.2 Å². The molecule has 0 amide bonds. The van der Waals surface area contributed by atoms with Gasteiger partial charge in [-0.05, 0) is 25.7 Å². The van der Waals surface area contributed by atoms with Gasteiger partial charge in [0.2, 0.25) is 0 Å². The molecule has 0 spiro atoms. The third kappa shape index (κ3) is 12.9. The van der Waals surface area contributed by atoms with Crippen LogP contribution in [0.3, 0.4) is 0 Å². The fourth-order valence-corrected chi connectivity index (χ4v) is 1.53. The van der Waals surface area contributed by atoms with E-state index in [9.17, 15) is 9.59 Å². The molecule has 0 aromatic rings. The summed E-state index contributed by atoms with van der Waals surface area (Å²) >= 11 is 0. The van der Waals surface area contributed by atoms with Crippen molar-refractivity contribution in [3.8, 4) is 0 Å². The standard InChI is InChI=1S/C12H22O2.C4H6O2/c1-4-6-7-11(5-2)9-8-10(3)12(13)14;1-3(2)4(5)6/h11H,3-9H2,1-2H3,(H,13,14);1H2,2H3,(H,5,6). The Morgan fingerprint density at radius 3 is 1.85 bits per heavy atom. The molecule has 0 rings (SSSR count). The van der Waals surface area contributed by atoms with Crippen LogP contribution in [-0.4, -0.2) is 22.2 Å². The first kappa shape index (κ1) is 20.7. The van der Waals surface area contributed by atoms with Gasteiger partial charge in [0.05, 0.1) is 0 Å². The second-order valence-corrected chi connectivity index (χ2v) is 4.95. The van der Waals surface area contributed by atoms with E-state index >= 15 is 0 Å². The fraction of sp³-hybridized carbons (Fsp3) is 0.625. The molecular weight excluding hydrogens is 256 g/mol. The minimum atomic E-state index is -0.935. The monoisotopic (exact) mass is 284 g/mol. The van der Waals surface area contributed by atoms with E-state index in [0.29, 0.717) is 17.9 Å². The summed E-state index contributed by atoms with van der Waals surface area (Å²) in [6.07, 6.45) is 6.44. The third-order valence-corrected chi connectivity index (χ3v) is 3.07. The van der Waals surface area contributed by atoms with Crippen LogP contribution < -0.4 is 0 Å². The second kappa shape index (κ2) is 12.5. The van der Waals surface area contributed by atoms with Crippen LogP contribution in [0.5, 0.6) is 0 Å². The molecule has 0 aliphatic carbocycles. The maximum atomic E-state index is 10.5. The molecule has 0 saturated heterocycles. The van der Waals surface area contributed by atoms with E-state index in [1.807, 2.05) is 0 Å². The van der Waals surface area contributed by atoms with Crippen LogP contribution >= 0.6 is 0 Å². The summed E-state index contributed by atoms with van der Waals surface area (Å²) in [7, 11) is 0. The van der Waals surface area contributed by atoms with E-state index in [1.165, 1.54) is 26.2 Å². The highest BCUT2D eigenvalue weighted by Gasteiger charge is 2.09. The molecule has 116 valence electrons. The van der Waals surface area contributed by atoms with Gasteiger partial charge < -0.3 is 10.2 Å². The number of carboxylic acids is 2. The van der Waals surface area contributed by atoms with E-state index in [-0.39, 0.29) is 5.57 Å². The van der Waals surface area contributed by atoms with Crippen molar-refractivity contribution in [2.75, 3.05) is 0 Å². The van der Waals surface area contributed by atoms with Crippen LogP contribution in [0.2, 0.25) is 0 Å². The molecule has 0 aliphatic heterocycles. The van der Waals surface area contributed by atoms with Crippen LogP contribution in [0.25, 0.3) is 0 Å². The lowest BCUT2D eigenvalue weighted by Crippen LogP contribution is -2.04. The van der Waals surface area contributed by atoms with Gasteiger partial charge in [-0.25, -0.2) is 9.59 Å². The van der Waals surface area contributed by atoms with E-state index in [2.05, 4.69) is 27.0 Å². The highest BCUT2D eigenvalue weighted by molar-refractivity contribution is 5.85. The van der Waals surface area contributed by atoms with Gasteiger partial charge in [0.15, 0.2) is 0 Å². The molecule has 4 nitrogen and oxygen atoms in total. The van der Waals surface area contributed by atoms with Crippen LogP contribution in [0, 0.1) is 5.92 Å². The summed E-state index contributed by atoms with van der Waals surface area (Å²) in [6, 6.07) is 0. The molecule has 0 heterocycles. The normalized spacial score (nSPS) is 10.9. The topological polar surface area (TPSA) is 74.6 Å². The molecule has 0 aromatic carbocycles. The largest absolute Gasteiger partial charge is 0.478 e. The minimum absolute atomic E-state index is 0.176. The third-order valence-electron chi connectivity index (χ3n) is 3.07. The van der Waals surface area contributed by atoms with E-state index in [0.717, 1.165) is 12.8 Å². The number of rotatable bonds is 9. The van der Waals surface area contributed by atoms with Crippen molar-refractivity contribution in [3.05, 3.63) is 24.3 Å². The summed E-state index contributed by atoms with van der Waals surface area (Å²) in [5.41, 5.74) is 0.523. The van der Waals surface area contributed by atoms with Gasteiger partial charge in [-0.1, -0.05) is 52.7 Å². The Hall–Kier alpha value is -1.58. The predicted molar refractivity (Wildman–Crippen MR) is 81.8 cm³/mol. The summed E-state index contributed by atoms with van der Waals surface area (Å²) in [4.78, 5) is 20.1. The van der Waals surface area contributed by atoms with Gasteiger partial charge in [0, 0.05) is 11.1 Å². The van der Waals surface area contributed by atoms with Crippen molar-refractivity contribution in [2.45, 2.75) is 59.3 Å². The average molecular weight is 284 g/mol. The summed E-state index contributed by atoms with van der Waals surface area (Å²) < 4.78 is 0. The Bertz CT molecular complexity index is 319. The highest BCUT2D eigenvalue weighted by atomic mass is 16.4. The lowest BCUT2D eigenvalue weighted by molar-refractivity contribution is -0.133. The Morgan fingerprint density at radius 2 is 1.55 bits per heavy atom. The van der Waals surface area contributed by atoms with E-state index in [1.54, 1.807) is 0 Å². The van der Waals surface area contributed by atoms with Gasteiger partial charge >= 0.3 is 11.9 Å². The molecule has 0 saturated carbocycles. The van der Waals surface area contributed by atoms with Gasteiger partial charge in [-0.2, -0.15) is 0 Å². The number of aliphatic carboxylic acids is 2. The molecular formula is C16H28O4. The van der Waals surface area contributed by atoms with Crippen LogP contribution in [-0.2, 0) is 9.59 Å². The lowest BCUT2D eigenvalue weighted by Gasteiger charge is -2.13. The Labute approximate surface area is 122 Å². The highest BCUT2D eigenvalue weighted by Crippen LogP contribution is 2.20. The van der Waals surface area contributed by atoms with Crippen molar-refractivity contribution in [1.29, 1.82) is 0 Å². The molecule has 1 unspecified atom stereocenters. The molecule has 0 fully saturated rings. The number of hydrogen-bond donors (Lipinski definition) is 2. The van der Waals surface area contributed by atoms with Crippen molar-refractivity contribution in [3.63, 3.8) is 0 Å². The van der Waals surface area contributed by atoms with Crippen LogP contribution in [0.1, 0.15) is 59.3 Å². The first-order valence-electron chi connectivity index (χ1n) is 7.06. The zero-order valence-corrected chi connectivity index (χ0v) is 12.9. The van der Waals surface area contributed by atoms with Crippen molar-refractivity contribution < 1.29 is 19.8 Å². The molecule has 1 atom stereocenters. The molecule has 4 heteroatoms. The maximum absolute atomic E-state index is 10.5. The van der Waals surface area contributed by atoms with Crippen molar-refractivity contribution >= 4 is 11.9 Å². The second-order valence-electron chi connectivity index (χ2n) is 4.95. The van der Waals surface area contributed by atoms with Gasteiger partial charge in [-0.3, -0.25) is 0 Å². The molecule has 0 aliphatic rings. The number of carbonyl (C=O) groups is 2. The zero-order valence-electron chi connectivity index (χ0n) is 12.9. The number of carboxylic acid groups (broad SMARTS) is 2. The molecule has 20 heavy (non-hydrogen) atoms. The van der Waals surface area contributed by atoms with E-state index < -0.39 is 11.9 Å². The predicted octanol–water partition coefficient (Wildman–Crippen LogP) is 4.27. The first-order chi connectivity index (χ1) is 9.26. The Morgan fingerprint density at radius 1 is 1.05 bits per heavy atom. The molecule has 2 N–H and O–H groups in total. The maximum Gasteiger partial charge on any atom is 0.330 e. The molecule has 0 aromatic heterocycles. The average Bonchev–Trinajstić information content (AvgIpc) is 2.39. The van der Waals surface area contributed by atoms with Crippen molar-refractivity contribution in [1.82, 2.24) is 0 Å². The first-order valence-corrected chi connectivity index (χ1v) is 7.06. The molecule has 0 radical (unpaired) electrons. The molecule has 0 bridgehead atoms. The Kier molecular flexibility index (Phi) is 12.9. The smallest absolute Gasteiger partial charge is 0.330 e. The van der Waals surface area contributed by atoms with Crippen molar-refractivity contribution in [2.24, 2.45) is 5.92 Å². The number of hydrogen-bond acceptors (Lipinski definition) is 2. The van der Waals surface area contributed by atoms with Gasteiger partial charge in [0.1, 0.15) is 0 Å².